The van der Waals surface area contributed by atoms with E-state index in [0.29, 0.717) is 38.0 Å². The topological polar surface area (TPSA) is 74.8 Å². The molecule has 0 amide bonds. The monoisotopic (exact) mass is 655 g/mol. The first-order valence-corrected chi connectivity index (χ1v) is 16.0. The van der Waals surface area contributed by atoms with Gasteiger partial charge in [-0.3, -0.25) is 9.36 Å². The summed E-state index contributed by atoms with van der Waals surface area (Å²) in [4.78, 5) is 32.4. The Kier molecular flexibility index (Phi) is 8.80. The van der Waals surface area contributed by atoms with Crippen LogP contribution in [0.1, 0.15) is 48.0 Å². The fourth-order valence-electron chi connectivity index (χ4n) is 5.69. The van der Waals surface area contributed by atoms with Crippen LogP contribution in [0.25, 0.3) is 11.8 Å². The Bertz CT molecular complexity index is 2160. The van der Waals surface area contributed by atoms with Crippen LogP contribution in [-0.2, 0) is 16.1 Å². The number of thiazole rings is 1. The fraction of sp³-hybridized carbons (Fsp3) is 0.194. The third-order valence-corrected chi connectivity index (χ3v) is 9.21. The lowest BCUT2D eigenvalue weighted by molar-refractivity contribution is -0.139. The van der Waals surface area contributed by atoms with E-state index in [9.17, 15) is 14.0 Å². The first kappa shape index (κ1) is 31.3. The predicted molar refractivity (Wildman–Crippen MR) is 178 cm³/mol. The van der Waals surface area contributed by atoms with Gasteiger partial charge in [0.15, 0.2) is 4.80 Å². The quantitative estimate of drug-likeness (QED) is 0.177. The Balaban J connectivity index is 1.35. The van der Waals surface area contributed by atoms with Crippen LogP contribution in [0, 0.1) is 19.7 Å². The van der Waals surface area contributed by atoms with Crippen LogP contribution in [0.3, 0.4) is 0 Å². The molecule has 2 aromatic heterocycles. The summed E-state index contributed by atoms with van der Waals surface area (Å²) >= 11 is 7.89. The molecule has 0 saturated heterocycles. The van der Waals surface area contributed by atoms with E-state index in [2.05, 4.69) is 9.56 Å². The molecule has 46 heavy (non-hydrogen) atoms. The number of fused-ring (bicyclic) bond motifs is 1. The fourth-order valence-corrected chi connectivity index (χ4v) is 6.97. The highest BCUT2D eigenvalue weighted by molar-refractivity contribution is 7.07. The van der Waals surface area contributed by atoms with Crippen molar-refractivity contribution in [2.24, 2.45) is 4.99 Å². The SMILES string of the molecule is CCOC(=O)C1=C(C)N=c2s/c(=C\c3cc(C)n(-c4ccc(OCc5ccc(F)cc5)cc4)c3C)c(=O)n2[C@H]1c1ccccc1Cl. The number of benzene rings is 3. The summed E-state index contributed by atoms with van der Waals surface area (Å²) in [5, 5.41) is 0.439. The number of nitrogens with zero attached hydrogens (tertiary/aromatic N) is 3. The highest BCUT2D eigenvalue weighted by Gasteiger charge is 2.34. The van der Waals surface area contributed by atoms with Crippen LogP contribution in [0.4, 0.5) is 4.39 Å². The lowest BCUT2D eigenvalue weighted by Gasteiger charge is -2.25. The van der Waals surface area contributed by atoms with Gasteiger partial charge in [0.25, 0.3) is 5.56 Å². The van der Waals surface area contributed by atoms with E-state index in [1.807, 2.05) is 62.4 Å². The largest absolute Gasteiger partial charge is 0.489 e. The second kappa shape index (κ2) is 12.9. The van der Waals surface area contributed by atoms with Crippen LogP contribution < -0.4 is 19.6 Å². The molecule has 0 aliphatic carbocycles. The number of halogens is 2. The third kappa shape index (κ3) is 5.96. The van der Waals surface area contributed by atoms with Crippen LogP contribution in [0.15, 0.2) is 99.9 Å². The van der Waals surface area contributed by atoms with Gasteiger partial charge < -0.3 is 14.0 Å². The Morgan fingerprint density at radius 3 is 2.46 bits per heavy atom. The minimum absolute atomic E-state index is 0.191. The van der Waals surface area contributed by atoms with Crippen molar-refractivity contribution in [3.63, 3.8) is 0 Å². The van der Waals surface area contributed by atoms with Crippen molar-refractivity contribution in [2.75, 3.05) is 6.61 Å². The summed E-state index contributed by atoms with van der Waals surface area (Å²) in [6.07, 6.45) is 1.87. The molecule has 10 heteroatoms. The summed E-state index contributed by atoms with van der Waals surface area (Å²) in [6, 6.07) is 22.4. The molecule has 0 spiro atoms. The Hall–Kier alpha value is -4.73. The molecule has 1 atom stereocenters. The molecule has 1 aliphatic heterocycles. The molecule has 3 heterocycles. The Labute approximate surface area is 274 Å². The van der Waals surface area contributed by atoms with Crippen LogP contribution in [0.5, 0.6) is 5.75 Å². The number of hydrogen-bond donors (Lipinski definition) is 0. The maximum atomic E-state index is 14.1. The average Bonchev–Trinajstić information content (AvgIpc) is 3.50. The molecular formula is C36H31ClFN3O4S. The molecule has 1 aliphatic rings. The molecule has 3 aromatic carbocycles. The van der Waals surface area contributed by atoms with Crippen molar-refractivity contribution >= 4 is 35.0 Å². The van der Waals surface area contributed by atoms with E-state index in [-0.39, 0.29) is 23.6 Å². The lowest BCUT2D eigenvalue weighted by atomic mass is 9.96. The number of aromatic nitrogens is 2. The van der Waals surface area contributed by atoms with Gasteiger partial charge in [0.1, 0.15) is 24.2 Å². The second-order valence-corrected chi connectivity index (χ2v) is 12.3. The highest BCUT2D eigenvalue weighted by Crippen LogP contribution is 2.34. The van der Waals surface area contributed by atoms with E-state index in [1.165, 1.54) is 23.5 Å². The van der Waals surface area contributed by atoms with E-state index >= 15 is 0 Å². The molecule has 0 unspecified atom stereocenters. The van der Waals surface area contributed by atoms with Crippen molar-refractivity contribution in [3.05, 3.63) is 149 Å². The molecule has 0 radical (unpaired) electrons. The van der Waals surface area contributed by atoms with Gasteiger partial charge in [0, 0.05) is 22.1 Å². The number of esters is 1. The summed E-state index contributed by atoms with van der Waals surface area (Å²) < 4.78 is 28.6. The maximum Gasteiger partial charge on any atom is 0.338 e. The number of allylic oxidation sites excluding steroid dienone is 1. The minimum Gasteiger partial charge on any atom is -0.489 e. The number of carbonyl (C=O) groups is 1. The summed E-state index contributed by atoms with van der Waals surface area (Å²) in [6.45, 7) is 8.03. The number of carbonyl (C=O) groups excluding carboxylic acids is 1. The maximum absolute atomic E-state index is 14.1. The van der Waals surface area contributed by atoms with E-state index in [4.69, 9.17) is 21.1 Å². The van der Waals surface area contributed by atoms with Crippen molar-refractivity contribution in [3.8, 4) is 11.4 Å². The standard InChI is InChI=1S/C36H31ClFN3O4S/c1-5-44-35(43)32-22(3)39-36-41(33(32)29-8-6-7-9-30(29)37)34(42)31(46-36)19-25-18-21(2)40(23(25)4)27-14-16-28(17-15-27)45-20-24-10-12-26(38)13-11-24/h6-19,33H,5,20H2,1-4H3/b31-19-/t33-/m0/s1. The lowest BCUT2D eigenvalue weighted by Crippen LogP contribution is -2.40. The molecule has 0 N–H and O–H groups in total. The van der Waals surface area contributed by atoms with E-state index < -0.39 is 12.0 Å². The number of ether oxygens (including phenoxy) is 2. The van der Waals surface area contributed by atoms with Crippen molar-refractivity contribution in [1.29, 1.82) is 0 Å². The summed E-state index contributed by atoms with van der Waals surface area (Å²) in [5.74, 6) is -0.113. The van der Waals surface area contributed by atoms with Gasteiger partial charge in [-0.05, 0) is 99.0 Å². The zero-order valence-electron chi connectivity index (χ0n) is 25.7. The van der Waals surface area contributed by atoms with Gasteiger partial charge in [-0.25, -0.2) is 14.2 Å². The zero-order valence-corrected chi connectivity index (χ0v) is 27.3. The molecule has 234 valence electrons. The molecule has 0 saturated carbocycles. The van der Waals surface area contributed by atoms with E-state index in [1.54, 1.807) is 42.7 Å². The van der Waals surface area contributed by atoms with Crippen molar-refractivity contribution < 1.29 is 18.7 Å². The van der Waals surface area contributed by atoms with Crippen molar-refractivity contribution in [2.45, 2.75) is 40.3 Å². The second-order valence-electron chi connectivity index (χ2n) is 10.9. The first-order valence-electron chi connectivity index (χ1n) is 14.8. The molecule has 5 aromatic rings. The zero-order chi connectivity index (χ0) is 32.5. The number of hydrogen-bond acceptors (Lipinski definition) is 6. The van der Waals surface area contributed by atoms with Crippen molar-refractivity contribution in [1.82, 2.24) is 9.13 Å². The predicted octanol–water partition coefficient (Wildman–Crippen LogP) is 6.58. The van der Waals surface area contributed by atoms with Gasteiger partial charge in [0.2, 0.25) is 0 Å². The minimum atomic E-state index is -0.776. The molecular weight excluding hydrogens is 625 g/mol. The Morgan fingerprint density at radius 2 is 1.76 bits per heavy atom. The highest BCUT2D eigenvalue weighted by atomic mass is 35.5. The molecule has 6 rings (SSSR count). The smallest absolute Gasteiger partial charge is 0.338 e. The number of rotatable bonds is 8. The van der Waals surface area contributed by atoms with Gasteiger partial charge in [-0.15, -0.1) is 0 Å². The van der Waals surface area contributed by atoms with Gasteiger partial charge in [-0.2, -0.15) is 0 Å². The van der Waals surface area contributed by atoms with Crippen LogP contribution >= 0.6 is 22.9 Å². The van der Waals surface area contributed by atoms with Crippen LogP contribution in [0.2, 0.25) is 5.02 Å². The van der Waals surface area contributed by atoms with E-state index in [0.717, 1.165) is 28.2 Å². The normalized spacial score (nSPS) is 14.7. The third-order valence-electron chi connectivity index (χ3n) is 7.89. The molecule has 0 fully saturated rings. The summed E-state index contributed by atoms with van der Waals surface area (Å²) in [7, 11) is 0. The van der Waals surface area contributed by atoms with Gasteiger partial charge >= 0.3 is 5.97 Å². The van der Waals surface area contributed by atoms with Gasteiger partial charge in [0.05, 0.1) is 22.4 Å². The van der Waals surface area contributed by atoms with Gasteiger partial charge in [-0.1, -0.05) is 53.3 Å². The summed E-state index contributed by atoms with van der Waals surface area (Å²) in [5.41, 5.74) is 5.78. The Morgan fingerprint density at radius 1 is 1.04 bits per heavy atom. The molecule has 0 bridgehead atoms. The van der Waals surface area contributed by atoms with Crippen LogP contribution in [-0.4, -0.2) is 21.7 Å². The molecule has 7 nitrogen and oxygen atoms in total. The number of aryl methyl sites for hydroxylation is 1. The first-order chi connectivity index (χ1) is 22.2. The average molecular weight is 656 g/mol.